The van der Waals surface area contributed by atoms with Crippen LogP contribution >= 0.6 is 0 Å². The largest absolute Gasteiger partial charge is 0.472 e. The lowest BCUT2D eigenvalue weighted by Crippen LogP contribution is -2.13. The molecule has 66 valence electrons. The van der Waals surface area contributed by atoms with Gasteiger partial charge in [0, 0.05) is 6.42 Å². The van der Waals surface area contributed by atoms with E-state index in [0.717, 1.165) is 12.0 Å². The third kappa shape index (κ3) is 1.53. The second-order valence-corrected chi connectivity index (χ2v) is 3.78. The Morgan fingerprint density at radius 1 is 1.75 bits per heavy atom. The average Bonchev–Trinajstić information content (AvgIpc) is 2.58. The van der Waals surface area contributed by atoms with Crippen LogP contribution in [0.25, 0.3) is 0 Å². The van der Waals surface area contributed by atoms with Crippen molar-refractivity contribution in [3.8, 4) is 0 Å². The first-order valence-corrected chi connectivity index (χ1v) is 4.46. The minimum Gasteiger partial charge on any atom is -0.472 e. The van der Waals surface area contributed by atoms with Gasteiger partial charge in [-0.05, 0) is 29.9 Å². The third-order valence-electron chi connectivity index (χ3n) is 2.69. The van der Waals surface area contributed by atoms with Crippen LogP contribution in [0.4, 0.5) is 0 Å². The van der Waals surface area contributed by atoms with E-state index in [4.69, 9.17) is 4.42 Å². The van der Waals surface area contributed by atoms with Gasteiger partial charge in [0.25, 0.3) is 0 Å². The molecule has 1 heterocycles. The zero-order valence-electron chi connectivity index (χ0n) is 7.23. The fourth-order valence-corrected chi connectivity index (χ4v) is 1.69. The molecule has 0 aliphatic heterocycles. The molecule has 0 amide bonds. The van der Waals surface area contributed by atoms with Crippen molar-refractivity contribution < 1.29 is 9.52 Å². The van der Waals surface area contributed by atoms with Crippen molar-refractivity contribution in [1.82, 2.24) is 0 Å². The molecule has 1 saturated carbocycles. The van der Waals surface area contributed by atoms with E-state index in [2.05, 4.69) is 6.92 Å². The summed E-state index contributed by atoms with van der Waals surface area (Å²) < 4.78 is 4.93. The van der Waals surface area contributed by atoms with Crippen LogP contribution in [0.15, 0.2) is 23.0 Å². The van der Waals surface area contributed by atoms with Crippen LogP contribution < -0.4 is 0 Å². The maximum atomic E-state index is 9.69. The number of aliphatic hydroxyl groups is 1. The number of furan rings is 1. The van der Waals surface area contributed by atoms with E-state index in [1.165, 1.54) is 6.42 Å². The number of aliphatic hydroxyl groups excluding tert-OH is 1. The molecule has 3 unspecified atom stereocenters. The van der Waals surface area contributed by atoms with Crippen LogP contribution in [0.1, 0.15) is 18.9 Å². The predicted octanol–water partition coefficient (Wildman–Crippen LogP) is 1.84. The molecule has 2 heteroatoms. The van der Waals surface area contributed by atoms with Gasteiger partial charge in [-0.1, -0.05) is 6.92 Å². The van der Waals surface area contributed by atoms with Crippen molar-refractivity contribution in [3.05, 3.63) is 24.2 Å². The van der Waals surface area contributed by atoms with Crippen molar-refractivity contribution in [2.24, 2.45) is 11.8 Å². The topological polar surface area (TPSA) is 33.4 Å². The molecule has 1 fully saturated rings. The highest BCUT2D eigenvalue weighted by Gasteiger charge is 2.38. The third-order valence-corrected chi connectivity index (χ3v) is 2.69. The second-order valence-electron chi connectivity index (χ2n) is 3.78. The number of hydrogen-bond acceptors (Lipinski definition) is 2. The Bertz CT molecular complexity index is 240. The van der Waals surface area contributed by atoms with E-state index < -0.39 is 0 Å². The first-order valence-electron chi connectivity index (χ1n) is 4.46. The molecule has 0 spiro atoms. The van der Waals surface area contributed by atoms with Crippen molar-refractivity contribution in [2.75, 3.05) is 0 Å². The summed E-state index contributed by atoms with van der Waals surface area (Å²) in [5, 5.41) is 9.69. The van der Waals surface area contributed by atoms with Crippen LogP contribution in [0.3, 0.4) is 0 Å². The van der Waals surface area contributed by atoms with Crippen molar-refractivity contribution in [2.45, 2.75) is 25.9 Å². The van der Waals surface area contributed by atoms with E-state index in [1.54, 1.807) is 12.5 Å². The van der Waals surface area contributed by atoms with E-state index >= 15 is 0 Å². The van der Waals surface area contributed by atoms with Crippen LogP contribution in [-0.4, -0.2) is 11.2 Å². The molecule has 12 heavy (non-hydrogen) atoms. The quantitative estimate of drug-likeness (QED) is 0.743. The Kier molecular flexibility index (Phi) is 1.93. The van der Waals surface area contributed by atoms with Gasteiger partial charge in [0.15, 0.2) is 0 Å². The molecule has 1 aromatic rings. The van der Waals surface area contributed by atoms with Gasteiger partial charge in [-0.25, -0.2) is 0 Å². The Labute approximate surface area is 72.2 Å². The molecule has 2 rings (SSSR count). The summed E-state index contributed by atoms with van der Waals surface area (Å²) in [5.74, 6) is 1.24. The monoisotopic (exact) mass is 166 g/mol. The summed E-state index contributed by atoms with van der Waals surface area (Å²) in [4.78, 5) is 0. The highest BCUT2D eigenvalue weighted by Crippen LogP contribution is 2.41. The highest BCUT2D eigenvalue weighted by atomic mass is 16.3. The highest BCUT2D eigenvalue weighted by molar-refractivity contribution is 5.08. The Morgan fingerprint density at radius 2 is 2.50 bits per heavy atom. The number of rotatable bonds is 3. The lowest BCUT2D eigenvalue weighted by molar-refractivity contribution is 0.146. The molecule has 0 bridgehead atoms. The molecular formula is C10H14O2. The Morgan fingerprint density at radius 3 is 3.00 bits per heavy atom. The fourth-order valence-electron chi connectivity index (χ4n) is 1.69. The maximum absolute atomic E-state index is 9.69. The summed E-state index contributed by atoms with van der Waals surface area (Å²) in [5.41, 5.74) is 1.10. The summed E-state index contributed by atoms with van der Waals surface area (Å²) in [7, 11) is 0. The normalized spacial score (nSPS) is 30.2. The number of hydrogen-bond donors (Lipinski definition) is 1. The zero-order chi connectivity index (χ0) is 8.55. The molecule has 1 N–H and O–H groups in total. The maximum Gasteiger partial charge on any atom is 0.0935 e. The smallest absolute Gasteiger partial charge is 0.0935 e. The Balaban J connectivity index is 1.87. The van der Waals surface area contributed by atoms with Crippen LogP contribution in [0, 0.1) is 11.8 Å². The minimum atomic E-state index is -0.169. The molecule has 2 nitrogen and oxygen atoms in total. The average molecular weight is 166 g/mol. The summed E-state index contributed by atoms with van der Waals surface area (Å²) >= 11 is 0. The van der Waals surface area contributed by atoms with Crippen LogP contribution in [-0.2, 0) is 6.42 Å². The SMILES string of the molecule is CC1CC1C(O)Cc1ccoc1. The van der Waals surface area contributed by atoms with Crippen LogP contribution in [0.5, 0.6) is 0 Å². The minimum absolute atomic E-state index is 0.169. The molecule has 0 radical (unpaired) electrons. The summed E-state index contributed by atoms with van der Waals surface area (Å²) in [6, 6.07) is 1.91. The fraction of sp³-hybridized carbons (Fsp3) is 0.600. The van der Waals surface area contributed by atoms with Gasteiger partial charge >= 0.3 is 0 Å². The molecule has 3 atom stereocenters. The predicted molar refractivity (Wildman–Crippen MR) is 45.7 cm³/mol. The van der Waals surface area contributed by atoms with Gasteiger partial charge in [-0.15, -0.1) is 0 Å². The van der Waals surface area contributed by atoms with Crippen molar-refractivity contribution >= 4 is 0 Å². The van der Waals surface area contributed by atoms with Gasteiger partial charge in [-0.3, -0.25) is 0 Å². The van der Waals surface area contributed by atoms with Gasteiger partial charge in [0.1, 0.15) is 0 Å². The molecule has 0 saturated heterocycles. The van der Waals surface area contributed by atoms with Gasteiger partial charge in [-0.2, -0.15) is 0 Å². The first kappa shape index (κ1) is 7.87. The second kappa shape index (κ2) is 2.94. The standard InChI is InChI=1S/C10H14O2/c1-7-4-9(7)10(11)5-8-2-3-12-6-8/h2-3,6-7,9-11H,4-5H2,1H3. The lowest BCUT2D eigenvalue weighted by Gasteiger charge is -2.06. The van der Waals surface area contributed by atoms with E-state index in [-0.39, 0.29) is 6.10 Å². The molecular weight excluding hydrogens is 152 g/mol. The van der Waals surface area contributed by atoms with Crippen molar-refractivity contribution in [1.29, 1.82) is 0 Å². The van der Waals surface area contributed by atoms with Gasteiger partial charge in [0.2, 0.25) is 0 Å². The Hall–Kier alpha value is -0.760. The summed E-state index contributed by atoms with van der Waals surface area (Å²) in [6.45, 7) is 2.18. The molecule has 1 aliphatic rings. The van der Waals surface area contributed by atoms with E-state index in [1.807, 2.05) is 6.07 Å². The molecule has 1 aromatic heterocycles. The zero-order valence-corrected chi connectivity index (χ0v) is 7.23. The lowest BCUT2D eigenvalue weighted by atomic mass is 10.1. The molecule has 0 aromatic carbocycles. The van der Waals surface area contributed by atoms with Crippen molar-refractivity contribution in [3.63, 3.8) is 0 Å². The summed E-state index contributed by atoms with van der Waals surface area (Å²) in [6.07, 6.45) is 5.11. The first-order chi connectivity index (χ1) is 5.77. The molecule has 1 aliphatic carbocycles. The van der Waals surface area contributed by atoms with E-state index in [9.17, 15) is 5.11 Å². The van der Waals surface area contributed by atoms with Crippen LogP contribution in [0.2, 0.25) is 0 Å². The van der Waals surface area contributed by atoms with Gasteiger partial charge in [0.05, 0.1) is 18.6 Å². The van der Waals surface area contributed by atoms with Gasteiger partial charge < -0.3 is 9.52 Å². The van der Waals surface area contributed by atoms with E-state index in [0.29, 0.717) is 11.8 Å².